The van der Waals surface area contributed by atoms with Gasteiger partial charge in [-0.2, -0.15) is 5.26 Å². The van der Waals surface area contributed by atoms with Gasteiger partial charge in [-0.3, -0.25) is 4.79 Å². The van der Waals surface area contributed by atoms with Gasteiger partial charge in [0.1, 0.15) is 0 Å². The summed E-state index contributed by atoms with van der Waals surface area (Å²) in [5.41, 5.74) is 1.90. The first-order valence-electron chi connectivity index (χ1n) is 8.46. The number of halogens is 1. The van der Waals surface area contributed by atoms with E-state index in [0.717, 1.165) is 15.6 Å². The normalized spacial score (nSPS) is 11.1. The highest BCUT2D eigenvalue weighted by atomic mass is 79.9. The van der Waals surface area contributed by atoms with Gasteiger partial charge in [-0.1, -0.05) is 46.3 Å². The molecule has 1 aromatic heterocycles. The Morgan fingerprint density at radius 3 is 2.67 bits per heavy atom. The van der Waals surface area contributed by atoms with Gasteiger partial charge in [0.05, 0.1) is 18.0 Å². The van der Waals surface area contributed by atoms with Crippen LogP contribution in [-0.4, -0.2) is 15.6 Å². The molecule has 1 N–H and O–H groups in total. The second-order valence-corrected chi connectivity index (χ2v) is 6.92. The van der Waals surface area contributed by atoms with E-state index in [4.69, 9.17) is 5.26 Å². The SMILES string of the molecule is N#CCCCn1c(O)c(N=NC(=O)Cc2ccc(Br)cc2)c2ccccc21. The summed E-state index contributed by atoms with van der Waals surface area (Å²) >= 11 is 3.35. The monoisotopic (exact) mass is 424 g/mol. The number of hydrogen-bond donors (Lipinski definition) is 1. The maximum absolute atomic E-state index is 12.1. The molecule has 0 saturated heterocycles. The number of fused-ring (bicyclic) bond motifs is 1. The molecule has 0 radical (unpaired) electrons. The van der Waals surface area contributed by atoms with Crippen LogP contribution in [-0.2, 0) is 17.8 Å². The topological polar surface area (TPSA) is 90.7 Å². The fourth-order valence-electron chi connectivity index (χ4n) is 2.83. The molecular weight excluding hydrogens is 408 g/mol. The second kappa shape index (κ2) is 8.60. The quantitative estimate of drug-likeness (QED) is 0.431. The third-order valence-electron chi connectivity index (χ3n) is 4.12. The lowest BCUT2D eigenvalue weighted by Crippen LogP contribution is -1.97. The molecule has 0 saturated carbocycles. The Balaban J connectivity index is 1.84. The summed E-state index contributed by atoms with van der Waals surface area (Å²) in [5, 5.41) is 27.8. The van der Waals surface area contributed by atoms with Crippen LogP contribution in [0.1, 0.15) is 18.4 Å². The minimum atomic E-state index is -0.391. The molecule has 0 fully saturated rings. The van der Waals surface area contributed by atoms with Gasteiger partial charge in [0, 0.05) is 22.8 Å². The number of amides is 1. The maximum atomic E-state index is 12.1. The van der Waals surface area contributed by atoms with Crippen molar-refractivity contribution in [3.63, 3.8) is 0 Å². The van der Waals surface area contributed by atoms with Crippen LogP contribution in [0.25, 0.3) is 10.9 Å². The van der Waals surface area contributed by atoms with Crippen LogP contribution >= 0.6 is 15.9 Å². The van der Waals surface area contributed by atoms with Gasteiger partial charge in [-0.15, -0.1) is 10.2 Å². The van der Waals surface area contributed by atoms with Gasteiger partial charge in [-0.05, 0) is 30.2 Å². The molecule has 0 aliphatic heterocycles. The van der Waals surface area contributed by atoms with E-state index in [1.165, 1.54) is 0 Å². The molecule has 0 aliphatic rings. The fraction of sp³-hybridized carbons (Fsp3) is 0.200. The number of para-hydroxylation sites is 1. The Labute approximate surface area is 164 Å². The van der Waals surface area contributed by atoms with Crippen molar-refractivity contribution in [2.45, 2.75) is 25.8 Å². The van der Waals surface area contributed by atoms with E-state index in [-0.39, 0.29) is 18.0 Å². The van der Waals surface area contributed by atoms with Crippen LogP contribution in [0.4, 0.5) is 5.69 Å². The highest BCUT2D eigenvalue weighted by Crippen LogP contribution is 2.39. The lowest BCUT2D eigenvalue weighted by molar-refractivity contribution is -0.117. The molecule has 136 valence electrons. The van der Waals surface area contributed by atoms with Gasteiger partial charge >= 0.3 is 0 Å². The van der Waals surface area contributed by atoms with Gasteiger partial charge in [-0.25, -0.2) is 0 Å². The third-order valence-corrected chi connectivity index (χ3v) is 4.65. The van der Waals surface area contributed by atoms with E-state index < -0.39 is 5.91 Å². The fourth-order valence-corrected chi connectivity index (χ4v) is 3.10. The average Bonchev–Trinajstić information content (AvgIpc) is 2.94. The number of unbranched alkanes of at least 4 members (excludes halogenated alkanes) is 1. The molecule has 27 heavy (non-hydrogen) atoms. The van der Waals surface area contributed by atoms with E-state index in [1.807, 2.05) is 48.5 Å². The Bertz CT molecular complexity index is 1030. The summed E-state index contributed by atoms with van der Waals surface area (Å²) in [6.07, 6.45) is 1.15. The number of aromatic hydroxyl groups is 1. The third kappa shape index (κ3) is 4.41. The smallest absolute Gasteiger partial charge is 0.269 e. The lowest BCUT2D eigenvalue weighted by Gasteiger charge is -2.04. The van der Waals surface area contributed by atoms with Gasteiger partial charge < -0.3 is 9.67 Å². The molecule has 7 heteroatoms. The van der Waals surface area contributed by atoms with Crippen LogP contribution < -0.4 is 0 Å². The van der Waals surface area contributed by atoms with Gasteiger partial charge in [0.2, 0.25) is 5.88 Å². The molecule has 0 bridgehead atoms. The van der Waals surface area contributed by atoms with Crippen molar-refractivity contribution in [1.82, 2.24) is 4.57 Å². The zero-order valence-corrected chi connectivity index (χ0v) is 16.1. The van der Waals surface area contributed by atoms with E-state index in [0.29, 0.717) is 24.8 Å². The molecule has 6 nitrogen and oxygen atoms in total. The largest absolute Gasteiger partial charge is 0.493 e. The standard InChI is InChI=1S/C20H17BrN4O2/c21-15-9-7-14(8-10-15)13-18(26)23-24-19-16-5-1-2-6-17(16)25(20(19)27)12-4-3-11-22/h1-2,5-10,27H,3-4,12-13H2. The first-order valence-corrected chi connectivity index (χ1v) is 9.25. The molecule has 0 aliphatic carbocycles. The molecule has 1 heterocycles. The Hall–Kier alpha value is -2.98. The van der Waals surface area contributed by atoms with E-state index in [2.05, 4.69) is 32.2 Å². The molecule has 0 spiro atoms. The summed E-state index contributed by atoms with van der Waals surface area (Å²) in [6, 6.07) is 16.9. The summed E-state index contributed by atoms with van der Waals surface area (Å²) in [7, 11) is 0. The second-order valence-electron chi connectivity index (χ2n) is 6.00. The number of nitriles is 1. The number of hydrogen-bond acceptors (Lipinski definition) is 4. The van der Waals surface area contributed by atoms with Crippen molar-refractivity contribution in [1.29, 1.82) is 5.26 Å². The van der Waals surface area contributed by atoms with Crippen molar-refractivity contribution in [3.05, 3.63) is 58.6 Å². The predicted molar refractivity (Wildman–Crippen MR) is 106 cm³/mol. The molecule has 3 aromatic rings. The van der Waals surface area contributed by atoms with Crippen molar-refractivity contribution >= 4 is 38.4 Å². The molecule has 0 atom stereocenters. The van der Waals surface area contributed by atoms with Crippen molar-refractivity contribution < 1.29 is 9.90 Å². The number of azo groups is 1. The van der Waals surface area contributed by atoms with Gasteiger partial charge in [0.15, 0.2) is 5.69 Å². The van der Waals surface area contributed by atoms with Crippen molar-refractivity contribution in [3.8, 4) is 11.9 Å². The van der Waals surface area contributed by atoms with Crippen LogP contribution in [0.3, 0.4) is 0 Å². The van der Waals surface area contributed by atoms with Gasteiger partial charge in [0.25, 0.3) is 5.91 Å². The molecule has 1 amide bonds. The molecule has 3 rings (SSSR count). The van der Waals surface area contributed by atoms with Crippen LogP contribution in [0.5, 0.6) is 5.88 Å². The Morgan fingerprint density at radius 1 is 1.19 bits per heavy atom. The predicted octanol–water partition coefficient (Wildman–Crippen LogP) is 5.27. The number of carbonyl (C=O) groups excluding carboxylic acids is 1. The Morgan fingerprint density at radius 2 is 1.93 bits per heavy atom. The number of aromatic nitrogens is 1. The number of nitrogens with zero attached hydrogens (tertiary/aromatic N) is 4. The van der Waals surface area contributed by atoms with E-state index in [1.54, 1.807) is 4.57 Å². The Kier molecular flexibility index (Phi) is 5.99. The first kappa shape index (κ1) is 18.8. The number of benzene rings is 2. The number of aryl methyl sites for hydroxylation is 1. The number of carbonyl (C=O) groups is 1. The highest BCUT2D eigenvalue weighted by Gasteiger charge is 2.16. The van der Waals surface area contributed by atoms with E-state index in [9.17, 15) is 9.90 Å². The van der Waals surface area contributed by atoms with Crippen molar-refractivity contribution in [2.75, 3.05) is 0 Å². The minimum absolute atomic E-state index is 0.0469. The summed E-state index contributed by atoms with van der Waals surface area (Å²) in [5.74, 6) is -0.438. The molecular formula is C20H17BrN4O2. The zero-order valence-electron chi connectivity index (χ0n) is 14.5. The molecule has 0 unspecified atom stereocenters. The van der Waals surface area contributed by atoms with Crippen LogP contribution in [0.2, 0.25) is 0 Å². The minimum Gasteiger partial charge on any atom is -0.493 e. The first-order chi connectivity index (χ1) is 13.1. The van der Waals surface area contributed by atoms with E-state index >= 15 is 0 Å². The number of rotatable bonds is 6. The average molecular weight is 425 g/mol. The summed E-state index contributed by atoms with van der Waals surface area (Å²) in [4.78, 5) is 12.1. The zero-order chi connectivity index (χ0) is 19.2. The highest BCUT2D eigenvalue weighted by molar-refractivity contribution is 9.10. The molecule has 2 aromatic carbocycles. The van der Waals surface area contributed by atoms with Crippen molar-refractivity contribution in [2.24, 2.45) is 10.2 Å². The van der Waals surface area contributed by atoms with Crippen LogP contribution in [0, 0.1) is 11.3 Å². The maximum Gasteiger partial charge on any atom is 0.269 e. The van der Waals surface area contributed by atoms with Crippen LogP contribution in [0.15, 0.2) is 63.2 Å². The lowest BCUT2D eigenvalue weighted by atomic mass is 10.1. The summed E-state index contributed by atoms with van der Waals surface area (Å²) < 4.78 is 2.63. The summed E-state index contributed by atoms with van der Waals surface area (Å²) in [6.45, 7) is 0.488.